The second kappa shape index (κ2) is 6.76. The van der Waals surface area contributed by atoms with Gasteiger partial charge in [-0.1, -0.05) is 13.0 Å². The molecule has 0 spiro atoms. The van der Waals surface area contributed by atoms with Crippen molar-refractivity contribution in [1.29, 1.82) is 0 Å². The van der Waals surface area contributed by atoms with Crippen LogP contribution in [0.15, 0.2) is 23.1 Å². The van der Waals surface area contributed by atoms with Crippen LogP contribution in [0.4, 0.5) is 10.5 Å². The Morgan fingerprint density at radius 3 is 2.58 bits per heavy atom. The quantitative estimate of drug-likeness (QED) is 0.680. The number of anilines is 1. The van der Waals surface area contributed by atoms with Crippen LogP contribution in [0.5, 0.6) is 0 Å². The first-order valence-corrected chi connectivity index (χ1v) is 10.2. The summed E-state index contributed by atoms with van der Waals surface area (Å²) in [5.74, 6) is 0.271. The van der Waals surface area contributed by atoms with Gasteiger partial charge in [0.25, 0.3) is 11.1 Å². The Morgan fingerprint density at radius 1 is 1.31 bits per heavy atom. The summed E-state index contributed by atoms with van der Waals surface area (Å²) in [7, 11) is 0. The molecule has 2 amide bonds. The topological polar surface area (TPSA) is 40.6 Å². The summed E-state index contributed by atoms with van der Waals surface area (Å²) < 4.78 is 0. The van der Waals surface area contributed by atoms with Crippen LogP contribution in [0.1, 0.15) is 65.0 Å². The van der Waals surface area contributed by atoms with Gasteiger partial charge in [-0.05, 0) is 88.1 Å². The molecule has 0 aliphatic carbocycles. The summed E-state index contributed by atoms with van der Waals surface area (Å²) in [4.78, 5) is 28.6. The average molecular weight is 373 g/mol. The van der Waals surface area contributed by atoms with E-state index in [1.165, 1.54) is 16.2 Å². The summed E-state index contributed by atoms with van der Waals surface area (Å²) in [6, 6.07) is 6.83. The Labute approximate surface area is 160 Å². The zero-order valence-electron chi connectivity index (χ0n) is 16.5. The number of fused-ring (bicyclic) bond motifs is 1. The average Bonchev–Trinajstić information content (AvgIpc) is 2.80. The molecule has 2 aliphatic heterocycles. The lowest BCUT2D eigenvalue weighted by atomic mass is 9.79. The number of nitrogens with zero attached hydrogens (tertiary/aromatic N) is 2. The normalized spacial score (nSPS) is 24.0. The number of carbonyl (C=O) groups excluding carboxylic acids is 2. The molecule has 4 nitrogen and oxygen atoms in total. The maximum absolute atomic E-state index is 12.3. The number of likely N-dealkylation sites (N-methyl/N-ethyl adjacent to an activating group) is 1. The van der Waals surface area contributed by atoms with Gasteiger partial charge in [-0.2, -0.15) is 0 Å². The van der Waals surface area contributed by atoms with Gasteiger partial charge < -0.3 is 4.90 Å². The van der Waals surface area contributed by atoms with Crippen molar-refractivity contribution in [3.8, 4) is 0 Å². The van der Waals surface area contributed by atoms with E-state index in [-0.39, 0.29) is 16.7 Å². The van der Waals surface area contributed by atoms with E-state index in [0.717, 1.165) is 23.7 Å². The van der Waals surface area contributed by atoms with Crippen molar-refractivity contribution < 1.29 is 9.59 Å². The second-order valence-electron chi connectivity index (χ2n) is 8.13. The molecule has 2 heterocycles. The Hall–Kier alpha value is -1.75. The summed E-state index contributed by atoms with van der Waals surface area (Å²) in [6.07, 6.45) is 2.95. The Balaban J connectivity index is 2.00. The standard InChI is InChI=1S/C21H28N2O2S/c1-7-22-19(24)18(26-20(22)25)11-15-8-9-17-16(10-15)14(4)12-21(5,6)23(17)13(2)3/h8-11,13-14H,7,12H2,1-6H3/b18-11-. The molecule has 1 atom stereocenters. The fourth-order valence-corrected chi connectivity index (χ4v) is 5.36. The van der Waals surface area contributed by atoms with Crippen molar-refractivity contribution in [2.45, 2.75) is 65.5 Å². The van der Waals surface area contributed by atoms with E-state index in [0.29, 0.717) is 23.4 Å². The van der Waals surface area contributed by atoms with Crippen LogP contribution in [-0.2, 0) is 4.79 Å². The molecule has 26 heavy (non-hydrogen) atoms. The highest BCUT2D eigenvalue weighted by atomic mass is 32.2. The predicted molar refractivity (Wildman–Crippen MR) is 110 cm³/mol. The summed E-state index contributed by atoms with van der Waals surface area (Å²) >= 11 is 1.03. The van der Waals surface area contributed by atoms with Crippen molar-refractivity contribution in [3.63, 3.8) is 0 Å². The zero-order valence-corrected chi connectivity index (χ0v) is 17.3. The number of imide groups is 1. The molecule has 0 aromatic heterocycles. The van der Waals surface area contributed by atoms with E-state index >= 15 is 0 Å². The van der Waals surface area contributed by atoms with Crippen LogP contribution >= 0.6 is 11.8 Å². The lowest BCUT2D eigenvalue weighted by molar-refractivity contribution is -0.122. The smallest absolute Gasteiger partial charge is 0.293 e. The third-order valence-corrected chi connectivity index (χ3v) is 6.21. The molecular formula is C21H28N2O2S. The second-order valence-corrected chi connectivity index (χ2v) is 9.12. The first kappa shape index (κ1) is 19.0. The minimum atomic E-state index is -0.182. The number of hydrogen-bond donors (Lipinski definition) is 0. The summed E-state index contributed by atoms with van der Waals surface area (Å²) in [5, 5.41) is -0.178. The van der Waals surface area contributed by atoms with Gasteiger partial charge in [-0.25, -0.2) is 0 Å². The third-order valence-electron chi connectivity index (χ3n) is 5.30. The van der Waals surface area contributed by atoms with E-state index in [1.54, 1.807) is 0 Å². The Bertz CT molecular complexity index is 782. The molecular weight excluding hydrogens is 344 g/mol. The number of thioether (sulfide) groups is 1. The highest BCUT2D eigenvalue weighted by Gasteiger charge is 2.38. The minimum Gasteiger partial charge on any atom is -0.364 e. The molecule has 1 aromatic rings. The van der Waals surface area contributed by atoms with Crippen LogP contribution in [-0.4, -0.2) is 34.2 Å². The van der Waals surface area contributed by atoms with Gasteiger partial charge in [0, 0.05) is 23.8 Å². The number of hydrogen-bond acceptors (Lipinski definition) is 4. The van der Waals surface area contributed by atoms with E-state index in [4.69, 9.17) is 0 Å². The van der Waals surface area contributed by atoms with Crippen molar-refractivity contribution in [1.82, 2.24) is 4.90 Å². The van der Waals surface area contributed by atoms with Gasteiger partial charge in [0.2, 0.25) is 0 Å². The summed E-state index contributed by atoms with van der Waals surface area (Å²) in [6.45, 7) is 13.6. The molecule has 0 saturated carbocycles. The molecule has 5 heteroatoms. The molecule has 3 rings (SSSR count). The largest absolute Gasteiger partial charge is 0.364 e. The predicted octanol–water partition coefficient (Wildman–Crippen LogP) is 5.24. The van der Waals surface area contributed by atoms with Crippen molar-refractivity contribution in [2.24, 2.45) is 0 Å². The fourth-order valence-electron chi connectivity index (χ4n) is 4.46. The van der Waals surface area contributed by atoms with Crippen LogP contribution in [0.25, 0.3) is 6.08 Å². The van der Waals surface area contributed by atoms with Crippen molar-refractivity contribution in [3.05, 3.63) is 34.2 Å². The SMILES string of the molecule is CCN1C(=O)S/C(=C\c2ccc3c(c2)C(C)CC(C)(C)N3C(C)C)C1=O. The highest BCUT2D eigenvalue weighted by Crippen LogP contribution is 2.45. The van der Waals surface area contributed by atoms with Gasteiger partial charge in [-0.15, -0.1) is 0 Å². The van der Waals surface area contributed by atoms with Crippen LogP contribution < -0.4 is 4.90 Å². The number of amides is 2. The lowest BCUT2D eigenvalue weighted by Crippen LogP contribution is -2.51. The first-order chi connectivity index (χ1) is 12.2. The van der Waals surface area contributed by atoms with Gasteiger partial charge in [0.1, 0.15) is 0 Å². The van der Waals surface area contributed by atoms with E-state index in [2.05, 4.69) is 57.7 Å². The van der Waals surface area contributed by atoms with Crippen molar-refractivity contribution in [2.75, 3.05) is 11.4 Å². The Kier molecular flexibility index (Phi) is 4.95. The molecule has 1 fully saturated rings. The molecule has 0 N–H and O–H groups in total. The van der Waals surface area contributed by atoms with Crippen LogP contribution in [0.2, 0.25) is 0 Å². The zero-order chi connectivity index (χ0) is 19.2. The van der Waals surface area contributed by atoms with Crippen molar-refractivity contribution >= 4 is 34.7 Å². The molecule has 0 bridgehead atoms. The lowest BCUT2D eigenvalue weighted by Gasteiger charge is -2.50. The number of rotatable bonds is 3. The first-order valence-electron chi connectivity index (χ1n) is 9.34. The van der Waals surface area contributed by atoms with E-state index in [1.807, 2.05) is 13.0 Å². The third kappa shape index (κ3) is 3.18. The molecule has 140 valence electrons. The van der Waals surface area contributed by atoms with Gasteiger partial charge in [-0.3, -0.25) is 14.5 Å². The maximum atomic E-state index is 12.3. The highest BCUT2D eigenvalue weighted by molar-refractivity contribution is 8.18. The summed E-state index contributed by atoms with van der Waals surface area (Å²) in [5.41, 5.74) is 3.70. The maximum Gasteiger partial charge on any atom is 0.293 e. The molecule has 1 unspecified atom stereocenters. The number of benzene rings is 1. The van der Waals surface area contributed by atoms with Gasteiger partial charge >= 0.3 is 0 Å². The van der Waals surface area contributed by atoms with Crippen LogP contribution in [0.3, 0.4) is 0 Å². The molecule has 1 saturated heterocycles. The fraction of sp³-hybridized carbons (Fsp3) is 0.524. The van der Waals surface area contributed by atoms with Crippen LogP contribution in [0, 0.1) is 0 Å². The van der Waals surface area contributed by atoms with E-state index < -0.39 is 0 Å². The monoisotopic (exact) mass is 372 g/mol. The molecule has 0 radical (unpaired) electrons. The minimum absolute atomic E-state index is 0.117. The number of carbonyl (C=O) groups is 2. The van der Waals surface area contributed by atoms with Gasteiger partial charge in [0.15, 0.2) is 0 Å². The Morgan fingerprint density at radius 2 is 2.00 bits per heavy atom. The molecule has 1 aromatic carbocycles. The molecule has 2 aliphatic rings. The van der Waals surface area contributed by atoms with Gasteiger partial charge in [0.05, 0.1) is 4.91 Å². The van der Waals surface area contributed by atoms with E-state index in [9.17, 15) is 9.59 Å².